The van der Waals surface area contributed by atoms with Crippen molar-refractivity contribution in [3.05, 3.63) is 87.1 Å². The predicted octanol–water partition coefficient (Wildman–Crippen LogP) is 8.19. The molecule has 0 saturated heterocycles. The maximum absolute atomic E-state index is 13.0. The lowest BCUT2D eigenvalue weighted by Gasteiger charge is -2.13. The third kappa shape index (κ3) is 5.51. The molecule has 0 atom stereocenters. The van der Waals surface area contributed by atoms with E-state index < -0.39 is 34.8 Å². The van der Waals surface area contributed by atoms with Crippen LogP contribution in [0.25, 0.3) is 17.4 Å². The number of ketones is 1. The molecule has 0 amide bonds. The van der Waals surface area contributed by atoms with Crippen LogP contribution >= 0.6 is 23.2 Å². The lowest BCUT2D eigenvalue weighted by molar-refractivity contribution is -0.143. The summed E-state index contributed by atoms with van der Waals surface area (Å²) in [6.07, 6.45) is -7.60. The van der Waals surface area contributed by atoms with Crippen molar-refractivity contribution in [2.75, 3.05) is 0 Å². The van der Waals surface area contributed by atoms with E-state index >= 15 is 0 Å². The first-order chi connectivity index (χ1) is 14.3. The number of carbonyl (C=O) groups excluding carboxylic acids is 1. The number of benzene rings is 2. The van der Waals surface area contributed by atoms with Crippen molar-refractivity contribution in [3.63, 3.8) is 0 Å². The lowest BCUT2D eigenvalue weighted by Crippen LogP contribution is -2.11. The van der Waals surface area contributed by atoms with Gasteiger partial charge in [0.15, 0.2) is 5.78 Å². The van der Waals surface area contributed by atoms with E-state index in [1.165, 1.54) is 36.4 Å². The maximum Gasteiger partial charge on any atom is 0.416 e. The van der Waals surface area contributed by atoms with Gasteiger partial charge in [-0.3, -0.25) is 4.79 Å². The van der Waals surface area contributed by atoms with E-state index in [-0.39, 0.29) is 33.2 Å². The second-order valence-electron chi connectivity index (χ2n) is 6.32. The lowest BCUT2D eigenvalue weighted by atomic mass is 10.0. The number of halogens is 8. The Morgan fingerprint density at radius 3 is 1.97 bits per heavy atom. The second kappa shape index (κ2) is 8.43. The molecule has 2 nitrogen and oxygen atoms in total. The molecule has 31 heavy (non-hydrogen) atoms. The predicted molar refractivity (Wildman–Crippen MR) is 104 cm³/mol. The minimum absolute atomic E-state index is 0.0309. The van der Waals surface area contributed by atoms with Crippen molar-refractivity contribution in [1.29, 1.82) is 0 Å². The molecule has 0 unspecified atom stereocenters. The van der Waals surface area contributed by atoms with E-state index in [9.17, 15) is 31.1 Å². The first-order valence-corrected chi connectivity index (χ1v) is 9.17. The fraction of sp³-hybridized carbons (Fsp3) is 0.0952. The van der Waals surface area contributed by atoms with Crippen molar-refractivity contribution in [3.8, 4) is 11.3 Å². The molecule has 162 valence electrons. The Hall–Kier alpha value is -2.71. The van der Waals surface area contributed by atoms with Gasteiger partial charge in [0.25, 0.3) is 0 Å². The van der Waals surface area contributed by atoms with Gasteiger partial charge in [0, 0.05) is 11.1 Å². The monoisotopic (exact) mass is 478 g/mol. The molecule has 0 radical (unpaired) electrons. The fourth-order valence-electron chi connectivity index (χ4n) is 2.60. The van der Waals surface area contributed by atoms with E-state index in [1.807, 2.05) is 0 Å². The van der Waals surface area contributed by atoms with Crippen LogP contribution in [-0.4, -0.2) is 5.78 Å². The third-order valence-corrected chi connectivity index (χ3v) is 4.84. The van der Waals surface area contributed by atoms with Gasteiger partial charge < -0.3 is 4.42 Å². The van der Waals surface area contributed by atoms with Crippen LogP contribution in [0.15, 0.2) is 59.0 Å². The van der Waals surface area contributed by atoms with Crippen LogP contribution in [0, 0.1) is 0 Å². The summed E-state index contributed by atoms with van der Waals surface area (Å²) < 4.78 is 83.4. The van der Waals surface area contributed by atoms with Gasteiger partial charge in [-0.05, 0) is 60.7 Å². The molecule has 0 aliphatic heterocycles. The van der Waals surface area contributed by atoms with Gasteiger partial charge in [0.05, 0.1) is 21.2 Å². The van der Waals surface area contributed by atoms with Gasteiger partial charge in [-0.2, -0.15) is 26.3 Å². The minimum atomic E-state index is -4.97. The molecule has 10 heteroatoms. The number of hydrogen-bond acceptors (Lipinski definition) is 2. The number of hydrogen-bond donors (Lipinski definition) is 0. The molecule has 3 rings (SSSR count). The summed E-state index contributed by atoms with van der Waals surface area (Å²) in [6, 6.07) is 7.89. The van der Waals surface area contributed by atoms with Crippen molar-refractivity contribution < 1.29 is 35.6 Å². The first-order valence-electron chi connectivity index (χ1n) is 8.42. The number of carbonyl (C=O) groups is 1. The molecular weight excluding hydrogens is 469 g/mol. The quantitative estimate of drug-likeness (QED) is 0.215. The zero-order chi connectivity index (χ0) is 23.0. The summed E-state index contributed by atoms with van der Waals surface area (Å²) in [4.78, 5) is 12.2. The van der Waals surface area contributed by atoms with Crippen LogP contribution in [0.1, 0.15) is 27.2 Å². The van der Waals surface area contributed by atoms with Crippen LogP contribution in [0.2, 0.25) is 10.0 Å². The summed E-state index contributed by atoms with van der Waals surface area (Å²) in [7, 11) is 0. The Morgan fingerprint density at radius 1 is 0.806 bits per heavy atom. The van der Waals surface area contributed by atoms with Gasteiger partial charge in [-0.15, -0.1) is 0 Å². The molecule has 1 aromatic heterocycles. The number of furan rings is 1. The van der Waals surface area contributed by atoms with E-state index in [1.54, 1.807) is 0 Å². The van der Waals surface area contributed by atoms with Crippen molar-refractivity contribution in [1.82, 2.24) is 0 Å². The molecule has 0 bridgehead atoms. The first kappa shape index (κ1) is 23.0. The number of alkyl halides is 6. The minimum Gasteiger partial charge on any atom is -0.457 e. The molecule has 0 saturated carbocycles. The summed E-state index contributed by atoms with van der Waals surface area (Å²) in [6.45, 7) is 0. The van der Waals surface area contributed by atoms with E-state index in [2.05, 4.69) is 0 Å². The highest BCUT2D eigenvalue weighted by atomic mass is 35.5. The topological polar surface area (TPSA) is 30.2 Å². The Kier molecular flexibility index (Phi) is 6.25. The van der Waals surface area contributed by atoms with Crippen molar-refractivity contribution >= 4 is 35.1 Å². The van der Waals surface area contributed by atoms with Crippen molar-refractivity contribution in [2.24, 2.45) is 0 Å². The van der Waals surface area contributed by atoms with Crippen LogP contribution in [0.3, 0.4) is 0 Å². The Bertz CT molecular complexity index is 1130. The molecule has 2 aromatic carbocycles. The van der Waals surface area contributed by atoms with Crippen molar-refractivity contribution in [2.45, 2.75) is 12.4 Å². The average molecular weight is 479 g/mol. The van der Waals surface area contributed by atoms with Gasteiger partial charge in [-0.25, -0.2) is 0 Å². The SMILES string of the molecule is O=C(/C=C\c1ccc(-c2cc(C(F)(F)F)cc(C(F)(F)F)c2)o1)c1ccc(Cl)c(Cl)c1. The van der Waals surface area contributed by atoms with Crippen LogP contribution < -0.4 is 0 Å². The van der Waals surface area contributed by atoms with Crippen LogP contribution in [0.5, 0.6) is 0 Å². The smallest absolute Gasteiger partial charge is 0.416 e. The van der Waals surface area contributed by atoms with Gasteiger partial charge >= 0.3 is 12.4 Å². The molecular formula is C21H10Cl2F6O2. The van der Waals surface area contributed by atoms with Gasteiger partial charge in [0.2, 0.25) is 0 Å². The standard InChI is InChI=1S/C21H10Cl2F6O2/c22-16-4-1-11(9-17(16)23)18(30)5-2-15-3-6-19(31-15)12-7-13(20(24,25)26)10-14(8-12)21(27,28)29/h1-10H/b5-2-. The average Bonchev–Trinajstić information content (AvgIpc) is 3.15. The molecule has 0 fully saturated rings. The molecule has 0 spiro atoms. The molecule has 0 aliphatic rings. The third-order valence-electron chi connectivity index (χ3n) is 4.10. The Balaban J connectivity index is 1.90. The number of allylic oxidation sites excluding steroid dienone is 1. The highest BCUT2D eigenvalue weighted by molar-refractivity contribution is 6.42. The molecule has 0 aliphatic carbocycles. The molecule has 1 heterocycles. The van der Waals surface area contributed by atoms with E-state index in [4.69, 9.17) is 27.6 Å². The van der Waals surface area contributed by atoms with Crippen LogP contribution in [-0.2, 0) is 12.4 Å². The van der Waals surface area contributed by atoms with Crippen LogP contribution in [0.4, 0.5) is 26.3 Å². The zero-order valence-electron chi connectivity index (χ0n) is 15.1. The van der Waals surface area contributed by atoms with E-state index in [0.29, 0.717) is 12.1 Å². The molecule has 3 aromatic rings. The van der Waals surface area contributed by atoms with Gasteiger partial charge in [0.1, 0.15) is 11.5 Å². The summed E-state index contributed by atoms with van der Waals surface area (Å²) in [5.74, 6) is -0.637. The molecule has 0 N–H and O–H groups in total. The van der Waals surface area contributed by atoms with E-state index in [0.717, 1.165) is 6.08 Å². The largest absolute Gasteiger partial charge is 0.457 e. The highest BCUT2D eigenvalue weighted by Crippen LogP contribution is 2.39. The Morgan fingerprint density at radius 2 is 1.42 bits per heavy atom. The summed E-state index contributed by atoms with van der Waals surface area (Å²) >= 11 is 11.6. The number of rotatable bonds is 4. The second-order valence-corrected chi connectivity index (χ2v) is 7.14. The summed E-state index contributed by atoms with van der Waals surface area (Å²) in [5, 5.41) is 0.434. The maximum atomic E-state index is 13.0. The summed E-state index contributed by atoms with van der Waals surface area (Å²) in [5.41, 5.74) is -3.09. The zero-order valence-corrected chi connectivity index (χ0v) is 16.6. The highest BCUT2D eigenvalue weighted by Gasteiger charge is 2.37. The fourth-order valence-corrected chi connectivity index (χ4v) is 2.90. The van der Waals surface area contributed by atoms with Gasteiger partial charge in [-0.1, -0.05) is 23.2 Å². The Labute approximate surface area is 181 Å². The normalized spacial score (nSPS) is 12.5.